The molecule has 1 saturated carbocycles. The van der Waals surface area contributed by atoms with E-state index in [9.17, 15) is 0 Å². The molecule has 0 aromatic heterocycles. The Bertz CT molecular complexity index is 197. The quantitative estimate of drug-likeness (QED) is 0.656. The molecule has 0 amide bonds. The fourth-order valence-corrected chi connectivity index (χ4v) is 3.12. The second kappa shape index (κ2) is 7.38. The van der Waals surface area contributed by atoms with Crippen LogP contribution in [0.25, 0.3) is 0 Å². The number of hydrogen-bond donors (Lipinski definition) is 1. The topological polar surface area (TPSA) is 21.3 Å². The molecule has 0 bridgehead atoms. The van der Waals surface area contributed by atoms with Crippen LogP contribution in [0.15, 0.2) is 0 Å². The molecule has 1 aliphatic carbocycles. The Morgan fingerprint density at radius 3 is 2.47 bits per heavy atom. The molecule has 1 heterocycles. The molecule has 2 nitrogen and oxygen atoms in total. The molecule has 2 heteroatoms. The van der Waals surface area contributed by atoms with Crippen molar-refractivity contribution in [1.82, 2.24) is 5.32 Å². The van der Waals surface area contributed by atoms with Gasteiger partial charge >= 0.3 is 0 Å². The lowest BCUT2D eigenvalue weighted by molar-refractivity contribution is 0.0631. The van der Waals surface area contributed by atoms with Crippen molar-refractivity contribution in [3.05, 3.63) is 0 Å². The van der Waals surface area contributed by atoms with Gasteiger partial charge in [0.1, 0.15) is 0 Å². The van der Waals surface area contributed by atoms with Crippen molar-refractivity contribution in [2.75, 3.05) is 20.3 Å². The minimum absolute atomic E-state index is 0.818. The van der Waals surface area contributed by atoms with E-state index < -0.39 is 0 Å². The Balaban J connectivity index is 1.45. The Kier molecular flexibility index (Phi) is 5.79. The number of hydrogen-bond acceptors (Lipinski definition) is 2. The van der Waals surface area contributed by atoms with E-state index in [0.29, 0.717) is 0 Å². The summed E-state index contributed by atoms with van der Waals surface area (Å²) in [7, 11) is 2.13. The maximum Gasteiger partial charge on any atom is 0.0468 e. The van der Waals surface area contributed by atoms with Crippen molar-refractivity contribution >= 4 is 0 Å². The Morgan fingerprint density at radius 1 is 1.06 bits per heavy atom. The van der Waals surface area contributed by atoms with Gasteiger partial charge in [0.25, 0.3) is 0 Å². The maximum atomic E-state index is 5.40. The molecule has 2 rings (SSSR count). The van der Waals surface area contributed by atoms with E-state index in [-0.39, 0.29) is 0 Å². The Hall–Kier alpha value is -0.0800. The van der Waals surface area contributed by atoms with Gasteiger partial charge in [0, 0.05) is 19.3 Å². The van der Waals surface area contributed by atoms with E-state index in [1.54, 1.807) is 0 Å². The zero-order valence-corrected chi connectivity index (χ0v) is 11.4. The van der Waals surface area contributed by atoms with E-state index in [2.05, 4.69) is 12.4 Å². The van der Waals surface area contributed by atoms with Crippen molar-refractivity contribution in [3.63, 3.8) is 0 Å². The van der Waals surface area contributed by atoms with E-state index >= 15 is 0 Å². The molecule has 1 aliphatic heterocycles. The summed E-state index contributed by atoms with van der Waals surface area (Å²) in [5.74, 6) is 1.97. The van der Waals surface area contributed by atoms with Gasteiger partial charge in [-0.25, -0.2) is 0 Å². The average Bonchev–Trinajstić information content (AvgIpc) is 3.19. The summed E-state index contributed by atoms with van der Waals surface area (Å²) < 4.78 is 5.40. The number of unbranched alkanes of at least 4 members (excludes halogenated alkanes) is 2. The molecular weight excluding hydrogens is 210 g/mol. The Labute approximate surface area is 107 Å². The van der Waals surface area contributed by atoms with E-state index in [1.165, 1.54) is 57.8 Å². The molecule has 0 aromatic rings. The van der Waals surface area contributed by atoms with E-state index in [1.807, 2.05) is 0 Å². The summed E-state index contributed by atoms with van der Waals surface area (Å²) >= 11 is 0. The van der Waals surface area contributed by atoms with Gasteiger partial charge < -0.3 is 10.1 Å². The van der Waals surface area contributed by atoms with Crippen LogP contribution >= 0.6 is 0 Å². The fraction of sp³-hybridized carbons (Fsp3) is 1.00. The van der Waals surface area contributed by atoms with Gasteiger partial charge in [-0.2, -0.15) is 0 Å². The van der Waals surface area contributed by atoms with Crippen molar-refractivity contribution < 1.29 is 4.74 Å². The van der Waals surface area contributed by atoms with Gasteiger partial charge in [-0.3, -0.25) is 0 Å². The van der Waals surface area contributed by atoms with Gasteiger partial charge in [0.15, 0.2) is 0 Å². The van der Waals surface area contributed by atoms with Crippen LogP contribution in [-0.2, 0) is 4.74 Å². The van der Waals surface area contributed by atoms with Crippen LogP contribution < -0.4 is 5.32 Å². The van der Waals surface area contributed by atoms with Gasteiger partial charge in [0.2, 0.25) is 0 Å². The third-order valence-corrected chi connectivity index (χ3v) is 4.53. The van der Waals surface area contributed by atoms with Crippen LogP contribution in [0.1, 0.15) is 57.8 Å². The largest absolute Gasteiger partial charge is 0.381 e. The highest BCUT2D eigenvalue weighted by molar-refractivity contribution is 4.85. The lowest BCUT2D eigenvalue weighted by atomic mass is 9.93. The average molecular weight is 239 g/mol. The summed E-state index contributed by atoms with van der Waals surface area (Å²) in [4.78, 5) is 0. The minimum atomic E-state index is 0.818. The molecule has 2 aliphatic rings. The molecule has 0 aromatic carbocycles. The highest BCUT2D eigenvalue weighted by Gasteiger charge is 2.29. The summed E-state index contributed by atoms with van der Waals surface area (Å²) in [5.41, 5.74) is 0. The fourth-order valence-electron chi connectivity index (χ4n) is 3.12. The Morgan fingerprint density at radius 2 is 1.82 bits per heavy atom. The summed E-state index contributed by atoms with van der Waals surface area (Å²) in [6, 6.07) is 0.818. The highest BCUT2D eigenvalue weighted by Crippen LogP contribution is 2.34. The first-order chi connectivity index (χ1) is 8.40. The zero-order chi connectivity index (χ0) is 11.9. The molecule has 2 fully saturated rings. The van der Waals surface area contributed by atoms with Gasteiger partial charge in [-0.15, -0.1) is 0 Å². The second-order valence-electron chi connectivity index (χ2n) is 5.93. The first-order valence-electron chi connectivity index (χ1n) is 7.65. The van der Waals surface area contributed by atoms with Crippen molar-refractivity contribution in [3.8, 4) is 0 Å². The minimum Gasteiger partial charge on any atom is -0.381 e. The lowest BCUT2D eigenvalue weighted by Gasteiger charge is -2.22. The summed E-state index contributed by atoms with van der Waals surface area (Å²) in [6.45, 7) is 2.02. The van der Waals surface area contributed by atoms with Crippen LogP contribution in [0, 0.1) is 11.8 Å². The number of rotatable bonds is 8. The highest BCUT2D eigenvalue weighted by atomic mass is 16.5. The first-order valence-corrected chi connectivity index (χ1v) is 7.65. The monoisotopic (exact) mass is 239 g/mol. The predicted molar refractivity (Wildman–Crippen MR) is 72.2 cm³/mol. The molecular formula is C15H29NO. The molecule has 1 N–H and O–H groups in total. The predicted octanol–water partition coefficient (Wildman–Crippen LogP) is 3.36. The molecule has 1 unspecified atom stereocenters. The van der Waals surface area contributed by atoms with E-state index in [4.69, 9.17) is 4.74 Å². The van der Waals surface area contributed by atoms with Gasteiger partial charge in [0.05, 0.1) is 0 Å². The molecule has 17 heavy (non-hydrogen) atoms. The molecule has 0 spiro atoms. The first kappa shape index (κ1) is 13.4. The molecule has 1 atom stereocenters. The van der Waals surface area contributed by atoms with Crippen molar-refractivity contribution in [2.45, 2.75) is 63.8 Å². The van der Waals surface area contributed by atoms with Gasteiger partial charge in [-0.05, 0) is 51.0 Å². The van der Waals surface area contributed by atoms with Crippen LogP contribution in [-0.4, -0.2) is 26.3 Å². The van der Waals surface area contributed by atoms with Crippen molar-refractivity contribution in [2.24, 2.45) is 11.8 Å². The van der Waals surface area contributed by atoms with Crippen LogP contribution in [0.2, 0.25) is 0 Å². The van der Waals surface area contributed by atoms with E-state index in [0.717, 1.165) is 31.1 Å². The molecule has 0 radical (unpaired) electrons. The number of ether oxygens (including phenoxy) is 1. The molecule has 1 saturated heterocycles. The standard InChI is InChI=1S/C15H29NO/c1-16-15(14-7-8-14)6-4-2-3-5-13-9-11-17-12-10-13/h13-16H,2-12H2,1H3. The number of nitrogens with one attached hydrogen (secondary N) is 1. The smallest absolute Gasteiger partial charge is 0.0468 e. The lowest BCUT2D eigenvalue weighted by Crippen LogP contribution is -2.27. The zero-order valence-electron chi connectivity index (χ0n) is 11.4. The summed E-state index contributed by atoms with van der Waals surface area (Å²) in [5, 5.41) is 3.49. The third-order valence-electron chi connectivity index (χ3n) is 4.53. The SMILES string of the molecule is CNC(CCCCCC1CCOCC1)C1CC1. The van der Waals surface area contributed by atoms with Crippen LogP contribution in [0.4, 0.5) is 0 Å². The maximum absolute atomic E-state index is 5.40. The van der Waals surface area contributed by atoms with Crippen molar-refractivity contribution in [1.29, 1.82) is 0 Å². The summed E-state index contributed by atoms with van der Waals surface area (Å²) in [6.07, 6.45) is 12.7. The normalized spacial score (nSPS) is 23.8. The van der Waals surface area contributed by atoms with Crippen LogP contribution in [0.5, 0.6) is 0 Å². The molecule has 100 valence electrons. The van der Waals surface area contributed by atoms with Crippen LogP contribution in [0.3, 0.4) is 0 Å². The third kappa shape index (κ3) is 4.97. The van der Waals surface area contributed by atoms with Gasteiger partial charge in [-0.1, -0.05) is 25.7 Å². The second-order valence-corrected chi connectivity index (χ2v) is 5.93.